The minimum Gasteiger partial charge on any atom is -0.368 e. The molecular formula is C15H15ClN2O3S. The van der Waals surface area contributed by atoms with E-state index in [4.69, 9.17) is 17.3 Å². The Bertz CT molecular complexity index is 746. The van der Waals surface area contributed by atoms with Crippen molar-refractivity contribution in [2.75, 3.05) is 0 Å². The number of halogens is 1. The predicted molar refractivity (Wildman–Crippen MR) is 84.9 cm³/mol. The number of sulfonamides is 1. The number of hydrogen-bond acceptors (Lipinski definition) is 3. The lowest BCUT2D eigenvalue weighted by atomic mass is 10.1. The largest absolute Gasteiger partial charge is 0.368 e. The number of primary amides is 1. The van der Waals surface area contributed by atoms with Gasteiger partial charge in [-0.05, 0) is 36.2 Å². The Morgan fingerprint density at radius 1 is 1.09 bits per heavy atom. The van der Waals surface area contributed by atoms with Crippen LogP contribution in [0.4, 0.5) is 0 Å². The summed E-state index contributed by atoms with van der Waals surface area (Å²) in [5, 5.41) is 0.426. The van der Waals surface area contributed by atoms with Crippen molar-refractivity contribution in [3.8, 4) is 0 Å². The number of carbonyl (C=O) groups is 1. The van der Waals surface area contributed by atoms with Crippen molar-refractivity contribution in [2.45, 2.75) is 17.4 Å². The first kappa shape index (κ1) is 16.5. The Hall–Kier alpha value is -1.89. The van der Waals surface area contributed by atoms with Crippen LogP contribution >= 0.6 is 11.6 Å². The maximum Gasteiger partial charge on any atom is 0.241 e. The summed E-state index contributed by atoms with van der Waals surface area (Å²) in [6.07, 6.45) is 0.184. The van der Waals surface area contributed by atoms with Crippen LogP contribution in [0.25, 0.3) is 0 Å². The number of rotatable bonds is 6. The van der Waals surface area contributed by atoms with E-state index in [-0.39, 0.29) is 11.3 Å². The third kappa shape index (κ3) is 4.30. The van der Waals surface area contributed by atoms with Gasteiger partial charge in [-0.15, -0.1) is 0 Å². The van der Waals surface area contributed by atoms with Gasteiger partial charge in [-0.25, -0.2) is 8.42 Å². The molecule has 5 nitrogen and oxygen atoms in total. The number of hydrogen-bond donors (Lipinski definition) is 2. The van der Waals surface area contributed by atoms with Crippen LogP contribution in [0.15, 0.2) is 59.5 Å². The van der Waals surface area contributed by atoms with Crippen molar-refractivity contribution >= 4 is 27.5 Å². The highest BCUT2D eigenvalue weighted by Gasteiger charge is 2.24. The normalized spacial score (nSPS) is 12.8. The van der Waals surface area contributed by atoms with Gasteiger partial charge in [0.15, 0.2) is 0 Å². The number of carbonyl (C=O) groups excluding carboxylic acids is 1. The molecule has 0 aliphatic carbocycles. The SMILES string of the molecule is NC(=O)[C@@H](Cc1ccccc1)NS(=O)(=O)c1ccc(Cl)cc1. The molecule has 2 aromatic rings. The van der Waals surface area contributed by atoms with E-state index in [9.17, 15) is 13.2 Å². The summed E-state index contributed by atoms with van der Waals surface area (Å²) < 4.78 is 26.9. The van der Waals surface area contributed by atoms with Gasteiger partial charge in [-0.1, -0.05) is 41.9 Å². The van der Waals surface area contributed by atoms with Gasteiger partial charge >= 0.3 is 0 Å². The van der Waals surface area contributed by atoms with E-state index in [0.29, 0.717) is 5.02 Å². The molecule has 0 radical (unpaired) electrons. The van der Waals surface area contributed by atoms with Crippen molar-refractivity contribution in [3.63, 3.8) is 0 Å². The van der Waals surface area contributed by atoms with Crippen LogP contribution in [0.1, 0.15) is 5.56 Å². The van der Waals surface area contributed by atoms with E-state index in [1.165, 1.54) is 24.3 Å². The lowest BCUT2D eigenvalue weighted by Gasteiger charge is -2.16. The van der Waals surface area contributed by atoms with Crippen LogP contribution in [0, 0.1) is 0 Å². The molecule has 1 amide bonds. The summed E-state index contributed by atoms with van der Waals surface area (Å²) in [6, 6.07) is 13.7. The van der Waals surface area contributed by atoms with Crippen molar-refractivity contribution < 1.29 is 13.2 Å². The second kappa shape index (κ2) is 6.91. The second-order valence-corrected chi connectivity index (χ2v) is 6.87. The number of amides is 1. The van der Waals surface area contributed by atoms with E-state index < -0.39 is 22.0 Å². The fraction of sp³-hybridized carbons (Fsp3) is 0.133. The van der Waals surface area contributed by atoms with Gasteiger partial charge in [0.25, 0.3) is 0 Å². The van der Waals surface area contributed by atoms with Crippen LogP contribution in [0.5, 0.6) is 0 Å². The number of nitrogens with two attached hydrogens (primary N) is 1. The molecule has 0 aliphatic rings. The maximum atomic E-state index is 12.3. The Balaban J connectivity index is 2.20. The van der Waals surface area contributed by atoms with E-state index in [2.05, 4.69) is 4.72 Å². The second-order valence-electron chi connectivity index (χ2n) is 4.72. The van der Waals surface area contributed by atoms with Gasteiger partial charge < -0.3 is 5.73 Å². The molecule has 0 spiro atoms. The van der Waals surface area contributed by atoms with E-state index in [0.717, 1.165) is 5.56 Å². The van der Waals surface area contributed by atoms with E-state index >= 15 is 0 Å². The number of nitrogens with one attached hydrogen (secondary N) is 1. The average molecular weight is 339 g/mol. The van der Waals surface area contributed by atoms with Crippen LogP contribution < -0.4 is 10.5 Å². The Kier molecular flexibility index (Phi) is 5.18. The van der Waals surface area contributed by atoms with Crippen molar-refractivity contribution in [1.29, 1.82) is 0 Å². The van der Waals surface area contributed by atoms with Gasteiger partial charge in [0.2, 0.25) is 15.9 Å². The molecule has 22 heavy (non-hydrogen) atoms. The lowest BCUT2D eigenvalue weighted by molar-refractivity contribution is -0.119. The average Bonchev–Trinajstić information content (AvgIpc) is 2.48. The molecule has 1 atom stereocenters. The molecule has 0 heterocycles. The first-order chi connectivity index (χ1) is 10.4. The minimum atomic E-state index is -3.85. The zero-order chi connectivity index (χ0) is 16.2. The zero-order valence-corrected chi connectivity index (χ0v) is 13.1. The van der Waals surface area contributed by atoms with E-state index in [1.54, 1.807) is 24.3 Å². The summed E-state index contributed by atoms with van der Waals surface area (Å²) in [6.45, 7) is 0. The first-order valence-electron chi connectivity index (χ1n) is 6.49. The third-order valence-electron chi connectivity index (χ3n) is 3.05. The van der Waals surface area contributed by atoms with Gasteiger partial charge in [0.05, 0.1) is 4.90 Å². The summed E-state index contributed by atoms with van der Waals surface area (Å²) in [4.78, 5) is 11.6. The summed E-state index contributed by atoms with van der Waals surface area (Å²) in [5.74, 6) is -0.735. The number of benzene rings is 2. The van der Waals surface area contributed by atoms with Crippen LogP contribution in [-0.4, -0.2) is 20.4 Å². The van der Waals surface area contributed by atoms with Gasteiger partial charge in [0, 0.05) is 5.02 Å². The highest BCUT2D eigenvalue weighted by atomic mass is 35.5. The smallest absolute Gasteiger partial charge is 0.241 e. The topological polar surface area (TPSA) is 89.3 Å². The first-order valence-corrected chi connectivity index (χ1v) is 8.36. The molecule has 0 aliphatic heterocycles. The molecule has 2 aromatic carbocycles. The summed E-state index contributed by atoms with van der Waals surface area (Å²) in [5.41, 5.74) is 6.12. The summed E-state index contributed by atoms with van der Waals surface area (Å²) >= 11 is 5.74. The summed E-state index contributed by atoms with van der Waals surface area (Å²) in [7, 11) is -3.85. The molecule has 116 valence electrons. The zero-order valence-electron chi connectivity index (χ0n) is 11.6. The Morgan fingerprint density at radius 2 is 1.68 bits per heavy atom. The molecule has 0 saturated carbocycles. The molecule has 0 aromatic heterocycles. The van der Waals surface area contributed by atoms with Crippen LogP contribution in [0.3, 0.4) is 0 Å². The predicted octanol–water partition coefficient (Wildman–Crippen LogP) is 1.71. The van der Waals surface area contributed by atoms with Crippen LogP contribution in [0.2, 0.25) is 5.02 Å². The molecule has 3 N–H and O–H groups in total. The van der Waals surface area contributed by atoms with Gasteiger partial charge in [0.1, 0.15) is 6.04 Å². The Morgan fingerprint density at radius 3 is 2.23 bits per heavy atom. The molecule has 0 unspecified atom stereocenters. The highest BCUT2D eigenvalue weighted by molar-refractivity contribution is 7.89. The van der Waals surface area contributed by atoms with Gasteiger partial charge in [-0.2, -0.15) is 4.72 Å². The standard InChI is InChI=1S/C15H15ClN2O3S/c16-12-6-8-13(9-7-12)22(20,21)18-14(15(17)19)10-11-4-2-1-3-5-11/h1-9,14,18H,10H2,(H2,17,19)/t14-/m1/s1. The quantitative estimate of drug-likeness (QED) is 0.840. The lowest BCUT2D eigenvalue weighted by Crippen LogP contribution is -2.45. The molecule has 0 bridgehead atoms. The molecule has 0 saturated heterocycles. The molecule has 2 rings (SSSR count). The molecule has 7 heteroatoms. The fourth-order valence-electron chi connectivity index (χ4n) is 1.92. The van der Waals surface area contributed by atoms with E-state index in [1.807, 2.05) is 6.07 Å². The molecular weight excluding hydrogens is 324 g/mol. The van der Waals surface area contributed by atoms with Crippen LogP contribution in [-0.2, 0) is 21.2 Å². The minimum absolute atomic E-state index is 0.0243. The molecule has 0 fully saturated rings. The van der Waals surface area contributed by atoms with Gasteiger partial charge in [-0.3, -0.25) is 4.79 Å². The van der Waals surface area contributed by atoms with Crippen molar-refractivity contribution in [1.82, 2.24) is 4.72 Å². The fourth-order valence-corrected chi connectivity index (χ4v) is 3.25. The third-order valence-corrected chi connectivity index (χ3v) is 4.79. The maximum absolute atomic E-state index is 12.3. The highest BCUT2D eigenvalue weighted by Crippen LogP contribution is 2.15. The van der Waals surface area contributed by atoms with Crippen molar-refractivity contribution in [3.05, 3.63) is 65.2 Å². The Labute approximate surface area is 134 Å². The monoisotopic (exact) mass is 338 g/mol. The van der Waals surface area contributed by atoms with Crippen molar-refractivity contribution in [2.24, 2.45) is 5.73 Å².